The summed E-state index contributed by atoms with van der Waals surface area (Å²) < 4.78 is 31.7. The third kappa shape index (κ3) is 4.14. The standard InChI is InChI=1S/C20H22N4O5S/c25-19(22-16-3-1-4-17(13-16)24-11-12-29-20(24)26)15-6-9-23(10-7-15)30(27,28)18-5-2-8-21-14-18/h1-5,8,13-15H,6-7,9-12H2,(H,22,25). The Morgan fingerprint density at radius 3 is 2.60 bits per heavy atom. The van der Waals surface area contributed by atoms with Crippen molar-refractivity contribution in [2.24, 2.45) is 5.92 Å². The average molecular weight is 430 g/mol. The van der Waals surface area contributed by atoms with Gasteiger partial charge in [-0.25, -0.2) is 13.2 Å². The average Bonchev–Trinajstić information content (AvgIpc) is 3.20. The van der Waals surface area contributed by atoms with Crippen molar-refractivity contribution in [3.8, 4) is 0 Å². The zero-order chi connectivity index (χ0) is 21.1. The number of aromatic nitrogens is 1. The van der Waals surface area contributed by atoms with Crippen molar-refractivity contribution < 1.29 is 22.7 Å². The van der Waals surface area contributed by atoms with E-state index in [0.29, 0.717) is 37.4 Å². The van der Waals surface area contributed by atoms with Gasteiger partial charge in [-0.05, 0) is 43.2 Å². The van der Waals surface area contributed by atoms with Crippen molar-refractivity contribution in [1.82, 2.24) is 9.29 Å². The number of cyclic esters (lactones) is 1. The van der Waals surface area contributed by atoms with Crippen LogP contribution < -0.4 is 10.2 Å². The predicted molar refractivity (Wildman–Crippen MR) is 109 cm³/mol. The molecule has 158 valence electrons. The maximum Gasteiger partial charge on any atom is 0.414 e. The van der Waals surface area contributed by atoms with E-state index in [9.17, 15) is 18.0 Å². The summed E-state index contributed by atoms with van der Waals surface area (Å²) in [6.07, 6.45) is 3.32. The van der Waals surface area contributed by atoms with Crippen molar-refractivity contribution >= 4 is 33.4 Å². The van der Waals surface area contributed by atoms with E-state index in [1.807, 2.05) is 0 Å². The highest BCUT2D eigenvalue weighted by Gasteiger charge is 2.32. The number of hydrogen-bond acceptors (Lipinski definition) is 6. The predicted octanol–water partition coefficient (Wildman–Crippen LogP) is 2.08. The van der Waals surface area contributed by atoms with Gasteiger partial charge in [0.2, 0.25) is 15.9 Å². The van der Waals surface area contributed by atoms with Crippen LogP contribution in [0.3, 0.4) is 0 Å². The second-order valence-electron chi connectivity index (χ2n) is 7.17. The lowest BCUT2D eigenvalue weighted by Gasteiger charge is -2.30. The van der Waals surface area contributed by atoms with E-state index in [2.05, 4.69) is 10.3 Å². The molecule has 2 aliphatic heterocycles. The first-order valence-corrected chi connectivity index (χ1v) is 11.1. The lowest BCUT2D eigenvalue weighted by molar-refractivity contribution is -0.120. The van der Waals surface area contributed by atoms with Crippen LogP contribution in [0.1, 0.15) is 12.8 Å². The van der Waals surface area contributed by atoms with Crippen LogP contribution in [-0.4, -0.2) is 55.9 Å². The monoisotopic (exact) mass is 430 g/mol. The number of benzene rings is 1. The molecule has 0 atom stereocenters. The number of hydrogen-bond donors (Lipinski definition) is 1. The van der Waals surface area contributed by atoms with Gasteiger partial charge < -0.3 is 10.1 Å². The Balaban J connectivity index is 1.37. The van der Waals surface area contributed by atoms with Gasteiger partial charge in [-0.1, -0.05) is 6.07 Å². The van der Waals surface area contributed by atoms with E-state index < -0.39 is 16.1 Å². The number of nitrogens with one attached hydrogen (secondary N) is 1. The topological polar surface area (TPSA) is 109 Å². The molecule has 2 amide bonds. The fourth-order valence-electron chi connectivity index (χ4n) is 3.63. The van der Waals surface area contributed by atoms with E-state index in [1.165, 1.54) is 27.7 Å². The van der Waals surface area contributed by atoms with Crippen LogP contribution in [0.2, 0.25) is 0 Å². The van der Waals surface area contributed by atoms with Gasteiger partial charge in [0, 0.05) is 42.8 Å². The first kappa shape index (κ1) is 20.3. The fourth-order valence-corrected chi connectivity index (χ4v) is 5.07. The molecule has 2 saturated heterocycles. The molecular weight excluding hydrogens is 408 g/mol. The highest BCUT2D eigenvalue weighted by Crippen LogP contribution is 2.26. The molecule has 0 unspecified atom stereocenters. The van der Waals surface area contributed by atoms with Crippen LogP contribution in [0.5, 0.6) is 0 Å². The SMILES string of the molecule is O=C(Nc1cccc(N2CCOC2=O)c1)C1CCN(S(=O)(=O)c2cccnc2)CC1. The van der Waals surface area contributed by atoms with Crippen molar-refractivity contribution in [3.05, 3.63) is 48.8 Å². The van der Waals surface area contributed by atoms with Gasteiger partial charge in [0.15, 0.2) is 0 Å². The molecule has 4 rings (SSSR count). The van der Waals surface area contributed by atoms with E-state index >= 15 is 0 Å². The number of sulfonamides is 1. The molecule has 1 aromatic carbocycles. The van der Waals surface area contributed by atoms with Gasteiger partial charge in [0.1, 0.15) is 11.5 Å². The molecule has 1 N–H and O–H groups in total. The molecule has 30 heavy (non-hydrogen) atoms. The maximum atomic E-state index is 12.7. The largest absolute Gasteiger partial charge is 0.447 e. The van der Waals surface area contributed by atoms with Crippen molar-refractivity contribution in [2.75, 3.05) is 36.5 Å². The summed E-state index contributed by atoms with van der Waals surface area (Å²) in [4.78, 5) is 30.0. The Morgan fingerprint density at radius 1 is 1.13 bits per heavy atom. The lowest BCUT2D eigenvalue weighted by Crippen LogP contribution is -2.41. The molecular formula is C20H22N4O5S. The van der Waals surface area contributed by atoms with Crippen LogP contribution in [0.15, 0.2) is 53.7 Å². The Hall–Kier alpha value is -2.98. The molecule has 10 heteroatoms. The van der Waals surface area contributed by atoms with Crippen molar-refractivity contribution in [1.29, 1.82) is 0 Å². The zero-order valence-electron chi connectivity index (χ0n) is 16.2. The van der Waals surface area contributed by atoms with Gasteiger partial charge in [-0.2, -0.15) is 4.31 Å². The molecule has 2 aliphatic rings. The van der Waals surface area contributed by atoms with Crippen LogP contribution in [-0.2, 0) is 19.6 Å². The molecule has 0 bridgehead atoms. The Bertz CT molecular complexity index is 1040. The minimum absolute atomic E-state index is 0.158. The summed E-state index contributed by atoms with van der Waals surface area (Å²) in [5, 5.41) is 2.88. The lowest BCUT2D eigenvalue weighted by atomic mass is 9.97. The minimum atomic E-state index is -3.60. The highest BCUT2D eigenvalue weighted by molar-refractivity contribution is 7.89. The smallest absolute Gasteiger partial charge is 0.414 e. The molecule has 2 fully saturated rings. The Kier molecular flexibility index (Phi) is 5.69. The van der Waals surface area contributed by atoms with E-state index in [1.54, 1.807) is 30.3 Å². The summed E-state index contributed by atoms with van der Waals surface area (Å²) >= 11 is 0. The summed E-state index contributed by atoms with van der Waals surface area (Å²) in [7, 11) is -3.60. The number of ether oxygens (including phenoxy) is 1. The minimum Gasteiger partial charge on any atom is -0.447 e. The molecule has 0 spiro atoms. The molecule has 0 saturated carbocycles. The van der Waals surface area contributed by atoms with Crippen molar-refractivity contribution in [3.63, 3.8) is 0 Å². The third-order valence-corrected chi connectivity index (χ3v) is 7.17. The Morgan fingerprint density at radius 2 is 1.93 bits per heavy atom. The second-order valence-corrected chi connectivity index (χ2v) is 9.11. The van der Waals surface area contributed by atoms with E-state index in [-0.39, 0.29) is 29.8 Å². The number of rotatable bonds is 5. The summed E-state index contributed by atoms with van der Waals surface area (Å²) in [6.45, 7) is 1.36. The second kappa shape index (κ2) is 8.41. The summed E-state index contributed by atoms with van der Waals surface area (Å²) in [5.41, 5.74) is 1.25. The van der Waals surface area contributed by atoms with E-state index in [0.717, 1.165) is 0 Å². The molecule has 2 aromatic rings. The first-order valence-electron chi connectivity index (χ1n) is 9.70. The number of amides is 2. The van der Waals surface area contributed by atoms with Gasteiger partial charge >= 0.3 is 6.09 Å². The number of nitrogens with zero attached hydrogens (tertiary/aromatic N) is 3. The van der Waals surface area contributed by atoms with Crippen LogP contribution in [0.4, 0.5) is 16.2 Å². The Labute approximate surface area is 174 Å². The zero-order valence-corrected chi connectivity index (χ0v) is 17.0. The van der Waals surface area contributed by atoms with Crippen molar-refractivity contribution in [2.45, 2.75) is 17.7 Å². The van der Waals surface area contributed by atoms with Gasteiger partial charge in [0.05, 0.1) is 6.54 Å². The van der Waals surface area contributed by atoms with Crippen LogP contribution >= 0.6 is 0 Å². The van der Waals surface area contributed by atoms with Crippen LogP contribution in [0.25, 0.3) is 0 Å². The summed E-state index contributed by atoms with van der Waals surface area (Å²) in [6, 6.07) is 10.1. The number of carbonyl (C=O) groups is 2. The number of anilines is 2. The molecule has 0 aliphatic carbocycles. The quantitative estimate of drug-likeness (QED) is 0.778. The molecule has 9 nitrogen and oxygen atoms in total. The maximum absolute atomic E-state index is 12.7. The van der Waals surface area contributed by atoms with Gasteiger partial charge in [-0.3, -0.25) is 14.7 Å². The third-order valence-electron chi connectivity index (χ3n) is 5.28. The molecule has 3 heterocycles. The molecule has 1 aromatic heterocycles. The normalized spacial score (nSPS) is 18.3. The molecule has 0 radical (unpaired) electrons. The highest BCUT2D eigenvalue weighted by atomic mass is 32.2. The number of piperidine rings is 1. The fraction of sp³-hybridized carbons (Fsp3) is 0.350. The first-order chi connectivity index (χ1) is 14.4. The van der Waals surface area contributed by atoms with E-state index in [4.69, 9.17) is 4.74 Å². The van der Waals surface area contributed by atoms with Gasteiger partial charge in [-0.15, -0.1) is 0 Å². The number of carbonyl (C=O) groups excluding carboxylic acids is 2. The summed E-state index contributed by atoms with van der Waals surface area (Å²) in [5.74, 6) is -0.444. The number of pyridine rings is 1. The van der Waals surface area contributed by atoms with Crippen LogP contribution in [0, 0.1) is 5.92 Å². The van der Waals surface area contributed by atoms with Gasteiger partial charge in [0.25, 0.3) is 0 Å².